The van der Waals surface area contributed by atoms with Gasteiger partial charge in [0, 0.05) is 67.7 Å². The van der Waals surface area contributed by atoms with Crippen molar-refractivity contribution in [3.8, 4) is 0 Å². The molecule has 0 amide bonds. The van der Waals surface area contributed by atoms with Crippen LogP contribution in [-0.4, -0.2) is 104 Å². The summed E-state index contributed by atoms with van der Waals surface area (Å²) in [4.78, 5) is 4.68. The van der Waals surface area contributed by atoms with E-state index in [-0.39, 0.29) is 0 Å². The Labute approximate surface area is 172 Å². The Hall–Kier alpha value is -1.02. The summed E-state index contributed by atoms with van der Waals surface area (Å²) in [6.45, 7) is 16.8. The quantitative estimate of drug-likeness (QED) is 0.294. The van der Waals surface area contributed by atoms with Crippen molar-refractivity contribution in [2.24, 2.45) is 0 Å². The zero-order valence-corrected chi connectivity index (χ0v) is 18.6. The Kier molecular flexibility index (Phi) is 18.6. The number of ether oxygens (including phenoxy) is 4. The van der Waals surface area contributed by atoms with Gasteiger partial charge in [-0.25, -0.2) is 0 Å². The monoisotopic (exact) mass is 398 g/mol. The fourth-order valence-corrected chi connectivity index (χ4v) is 2.56. The molecule has 0 aromatic rings. The van der Waals surface area contributed by atoms with Crippen LogP contribution in [0.1, 0.15) is 12.8 Å². The molecule has 0 aromatic carbocycles. The molecule has 0 unspecified atom stereocenters. The molecule has 164 valence electrons. The lowest BCUT2D eigenvalue weighted by atomic mass is 10.1. The second kappa shape index (κ2) is 19.3. The highest BCUT2D eigenvalue weighted by Crippen LogP contribution is 2.08. The van der Waals surface area contributed by atoms with Crippen LogP contribution in [0.25, 0.3) is 0 Å². The summed E-state index contributed by atoms with van der Waals surface area (Å²) >= 11 is 0. The lowest BCUT2D eigenvalue weighted by Gasteiger charge is -2.22. The van der Waals surface area contributed by atoms with E-state index in [1.807, 2.05) is 0 Å². The van der Waals surface area contributed by atoms with Crippen molar-refractivity contribution in [3.63, 3.8) is 0 Å². The van der Waals surface area contributed by atoms with Crippen LogP contribution in [0.15, 0.2) is 36.5 Å². The minimum absolute atomic E-state index is 0.728. The number of hydrogen-bond donors (Lipinski definition) is 0. The van der Waals surface area contributed by atoms with E-state index in [1.165, 1.54) is 0 Å². The van der Waals surface area contributed by atoms with Crippen molar-refractivity contribution in [3.05, 3.63) is 36.5 Å². The van der Waals surface area contributed by atoms with Crippen LogP contribution in [0.3, 0.4) is 0 Å². The first-order valence-electron chi connectivity index (χ1n) is 10.0. The fourth-order valence-electron chi connectivity index (χ4n) is 2.56. The normalized spacial score (nSPS) is 11.8. The van der Waals surface area contributed by atoms with Crippen LogP contribution in [0.4, 0.5) is 0 Å². The Morgan fingerprint density at radius 3 is 1.11 bits per heavy atom. The van der Waals surface area contributed by atoms with Gasteiger partial charge in [0.15, 0.2) is 0 Å². The third-order valence-corrected chi connectivity index (χ3v) is 4.50. The summed E-state index contributed by atoms with van der Waals surface area (Å²) < 4.78 is 20.7. The van der Waals surface area contributed by atoms with Crippen molar-refractivity contribution in [1.29, 1.82) is 0 Å². The van der Waals surface area contributed by atoms with E-state index in [2.05, 4.69) is 35.1 Å². The molecule has 0 aliphatic carbocycles. The maximum absolute atomic E-state index is 5.18. The van der Waals surface area contributed by atoms with Gasteiger partial charge in [-0.15, -0.1) is 0 Å². The zero-order valence-electron chi connectivity index (χ0n) is 18.6. The SMILES string of the molecule is C=C(C=CC(=C)CCN(CCOC)CCOC)CCN(CCOC)CCOC. The van der Waals surface area contributed by atoms with Gasteiger partial charge in [-0.3, -0.25) is 9.80 Å². The molecule has 6 heteroatoms. The average molecular weight is 399 g/mol. The van der Waals surface area contributed by atoms with Crippen molar-refractivity contribution in [1.82, 2.24) is 9.80 Å². The molecule has 0 radical (unpaired) electrons. The molecule has 0 aliphatic heterocycles. The summed E-state index contributed by atoms with van der Waals surface area (Å²) in [5, 5.41) is 0. The van der Waals surface area contributed by atoms with Crippen LogP contribution >= 0.6 is 0 Å². The summed E-state index contributed by atoms with van der Waals surface area (Å²) in [6.07, 6.45) is 6.01. The largest absolute Gasteiger partial charge is 0.383 e. The number of rotatable bonds is 20. The Morgan fingerprint density at radius 2 is 0.857 bits per heavy atom. The van der Waals surface area contributed by atoms with Crippen molar-refractivity contribution < 1.29 is 18.9 Å². The molecule has 0 fully saturated rings. The van der Waals surface area contributed by atoms with Gasteiger partial charge >= 0.3 is 0 Å². The van der Waals surface area contributed by atoms with Gasteiger partial charge in [0.2, 0.25) is 0 Å². The van der Waals surface area contributed by atoms with Crippen LogP contribution in [-0.2, 0) is 18.9 Å². The molecule has 0 saturated carbocycles. The highest BCUT2D eigenvalue weighted by Gasteiger charge is 2.06. The molecule has 0 rings (SSSR count). The van der Waals surface area contributed by atoms with Gasteiger partial charge in [-0.05, 0) is 12.8 Å². The molecular formula is C22H42N2O4. The molecule has 0 aromatic heterocycles. The second-order valence-corrected chi connectivity index (χ2v) is 6.80. The molecule has 0 aliphatic rings. The van der Waals surface area contributed by atoms with E-state index in [0.29, 0.717) is 0 Å². The van der Waals surface area contributed by atoms with Crippen molar-refractivity contribution in [2.75, 3.05) is 94.1 Å². The first kappa shape index (κ1) is 27.0. The maximum atomic E-state index is 5.18. The number of nitrogens with zero attached hydrogens (tertiary/aromatic N) is 2. The smallest absolute Gasteiger partial charge is 0.0589 e. The molecule has 0 bridgehead atoms. The first-order valence-corrected chi connectivity index (χ1v) is 10.0. The molecular weight excluding hydrogens is 356 g/mol. The molecule has 28 heavy (non-hydrogen) atoms. The second-order valence-electron chi connectivity index (χ2n) is 6.80. The lowest BCUT2D eigenvalue weighted by Crippen LogP contribution is -2.31. The van der Waals surface area contributed by atoms with E-state index < -0.39 is 0 Å². The average Bonchev–Trinajstić information content (AvgIpc) is 2.71. The van der Waals surface area contributed by atoms with Crippen LogP contribution < -0.4 is 0 Å². The van der Waals surface area contributed by atoms with Crippen LogP contribution in [0, 0.1) is 0 Å². The Balaban J connectivity index is 4.25. The predicted octanol–water partition coefficient (Wildman–Crippen LogP) is 2.62. The van der Waals surface area contributed by atoms with Crippen molar-refractivity contribution >= 4 is 0 Å². The minimum Gasteiger partial charge on any atom is -0.383 e. The molecule has 0 atom stereocenters. The molecule has 0 spiro atoms. The van der Waals surface area contributed by atoms with Gasteiger partial charge in [0.25, 0.3) is 0 Å². The van der Waals surface area contributed by atoms with Gasteiger partial charge in [-0.1, -0.05) is 36.5 Å². The molecule has 0 saturated heterocycles. The van der Waals surface area contributed by atoms with E-state index >= 15 is 0 Å². The summed E-state index contributed by atoms with van der Waals surface area (Å²) in [5.41, 5.74) is 2.22. The zero-order chi connectivity index (χ0) is 21.0. The highest BCUT2D eigenvalue weighted by atomic mass is 16.5. The van der Waals surface area contributed by atoms with Crippen LogP contribution in [0.2, 0.25) is 0 Å². The molecule has 6 nitrogen and oxygen atoms in total. The fraction of sp³-hybridized carbons (Fsp3) is 0.727. The van der Waals surface area contributed by atoms with E-state index in [0.717, 1.165) is 89.7 Å². The minimum atomic E-state index is 0.728. The van der Waals surface area contributed by atoms with E-state index in [4.69, 9.17) is 18.9 Å². The van der Waals surface area contributed by atoms with Gasteiger partial charge in [0.05, 0.1) is 26.4 Å². The Morgan fingerprint density at radius 1 is 0.571 bits per heavy atom. The van der Waals surface area contributed by atoms with Crippen LogP contribution in [0.5, 0.6) is 0 Å². The number of allylic oxidation sites excluding steroid dienone is 2. The van der Waals surface area contributed by atoms with Gasteiger partial charge in [0.1, 0.15) is 0 Å². The van der Waals surface area contributed by atoms with Gasteiger partial charge in [-0.2, -0.15) is 0 Å². The summed E-state index contributed by atoms with van der Waals surface area (Å²) in [5.74, 6) is 0. The van der Waals surface area contributed by atoms with E-state index in [9.17, 15) is 0 Å². The number of methoxy groups -OCH3 is 4. The summed E-state index contributed by atoms with van der Waals surface area (Å²) in [6, 6.07) is 0. The third kappa shape index (κ3) is 16.0. The topological polar surface area (TPSA) is 43.4 Å². The Bertz CT molecular complexity index is 373. The highest BCUT2D eigenvalue weighted by molar-refractivity contribution is 5.24. The standard InChI is InChI=1S/C22H42N2O4/c1-21(9-11-23(13-17-25-3)14-18-26-4)7-8-22(2)10-12-24(15-19-27-5)16-20-28-6/h7-8H,1-2,9-20H2,3-6H3. The predicted molar refractivity (Wildman–Crippen MR) is 117 cm³/mol. The molecule has 0 N–H and O–H groups in total. The lowest BCUT2D eigenvalue weighted by molar-refractivity contribution is 0.115. The van der Waals surface area contributed by atoms with Crippen molar-refractivity contribution in [2.45, 2.75) is 12.8 Å². The number of hydrogen-bond acceptors (Lipinski definition) is 6. The maximum Gasteiger partial charge on any atom is 0.0589 e. The third-order valence-electron chi connectivity index (χ3n) is 4.50. The summed E-state index contributed by atoms with van der Waals surface area (Å²) in [7, 11) is 6.92. The van der Waals surface area contributed by atoms with E-state index in [1.54, 1.807) is 28.4 Å². The first-order chi connectivity index (χ1) is 13.6. The van der Waals surface area contributed by atoms with Gasteiger partial charge < -0.3 is 18.9 Å². The molecule has 0 heterocycles.